The van der Waals surface area contributed by atoms with Crippen molar-refractivity contribution in [2.24, 2.45) is 0 Å². The van der Waals surface area contributed by atoms with Crippen LogP contribution in [0.2, 0.25) is 0 Å². The van der Waals surface area contributed by atoms with Crippen LogP contribution in [-0.2, 0) is 34.7 Å². The Morgan fingerprint density at radius 1 is 1.10 bits per heavy atom. The highest BCUT2D eigenvalue weighted by atomic mass is 16.7. The lowest BCUT2D eigenvalue weighted by Crippen LogP contribution is -2.63. The Hall–Kier alpha value is -2.24. The molecule has 2 aromatic rings. The lowest BCUT2D eigenvalue weighted by molar-refractivity contribution is -0.368. The average molecular weight is 410 g/mol. The molecular formula is C24H26O6. The van der Waals surface area contributed by atoms with Gasteiger partial charge >= 0.3 is 0 Å². The van der Waals surface area contributed by atoms with Crippen molar-refractivity contribution in [2.45, 2.75) is 56.6 Å². The summed E-state index contributed by atoms with van der Waals surface area (Å²) >= 11 is 0. The molecule has 1 spiro atoms. The molecule has 2 aromatic carbocycles. The van der Waals surface area contributed by atoms with Gasteiger partial charge in [0.15, 0.2) is 0 Å². The van der Waals surface area contributed by atoms with E-state index in [-0.39, 0.29) is 6.61 Å². The monoisotopic (exact) mass is 410 g/mol. The number of benzene rings is 2. The number of aliphatic hydroxyl groups excluding tert-OH is 4. The lowest BCUT2D eigenvalue weighted by atomic mass is 9.85. The van der Waals surface area contributed by atoms with Crippen molar-refractivity contribution in [2.75, 3.05) is 6.61 Å². The van der Waals surface area contributed by atoms with Crippen LogP contribution >= 0.6 is 0 Å². The third-order valence-corrected chi connectivity index (χ3v) is 6.08. The van der Waals surface area contributed by atoms with Crippen LogP contribution in [0.3, 0.4) is 0 Å². The Labute approximate surface area is 175 Å². The van der Waals surface area contributed by atoms with E-state index in [0.717, 1.165) is 28.7 Å². The van der Waals surface area contributed by atoms with E-state index < -0.39 is 36.8 Å². The SMILES string of the molecule is C#Cc1cc2c(cc1Cc1ccc(CC)cc1)C1(OC2)O[C@H](CO)[C@@H](O)[C@H](O)[C@H]1O. The summed E-state index contributed by atoms with van der Waals surface area (Å²) in [6, 6.07) is 12.0. The molecule has 0 saturated carbocycles. The fourth-order valence-corrected chi connectivity index (χ4v) is 4.27. The minimum Gasteiger partial charge on any atom is -0.394 e. The molecule has 2 aliphatic rings. The molecule has 0 aromatic heterocycles. The predicted molar refractivity (Wildman–Crippen MR) is 109 cm³/mol. The van der Waals surface area contributed by atoms with Crippen LogP contribution in [0.25, 0.3) is 0 Å². The molecule has 1 unspecified atom stereocenters. The van der Waals surface area contributed by atoms with Crippen LogP contribution in [0, 0.1) is 12.3 Å². The van der Waals surface area contributed by atoms with Crippen LogP contribution in [0.15, 0.2) is 36.4 Å². The molecular weight excluding hydrogens is 384 g/mol. The number of rotatable bonds is 4. The summed E-state index contributed by atoms with van der Waals surface area (Å²) in [6.45, 7) is 1.71. The zero-order chi connectivity index (χ0) is 21.5. The standard InChI is InChI=1S/C24H26O6/c1-3-14-5-7-15(8-6-14)9-17-11-19-18(10-16(17)4-2)13-29-24(19)23(28)22(27)21(26)20(12-25)30-24/h2,5-8,10-11,20-23,25-28H,3,9,12-13H2,1H3/t20-,21-,22+,23-,24?/m1/s1. The summed E-state index contributed by atoms with van der Waals surface area (Å²) in [5.74, 6) is 1.05. The quantitative estimate of drug-likeness (QED) is 0.561. The first-order valence-corrected chi connectivity index (χ1v) is 10.1. The van der Waals surface area contributed by atoms with Crippen molar-refractivity contribution in [3.63, 3.8) is 0 Å². The lowest BCUT2D eigenvalue weighted by Gasteiger charge is -2.46. The summed E-state index contributed by atoms with van der Waals surface area (Å²) in [7, 11) is 0. The van der Waals surface area contributed by atoms with E-state index in [4.69, 9.17) is 15.9 Å². The molecule has 0 amide bonds. The number of terminal acetylenes is 1. The molecule has 6 nitrogen and oxygen atoms in total. The summed E-state index contributed by atoms with van der Waals surface area (Å²) in [4.78, 5) is 0. The van der Waals surface area contributed by atoms with E-state index in [1.54, 1.807) is 0 Å². The molecule has 1 saturated heterocycles. The maximum atomic E-state index is 10.7. The van der Waals surface area contributed by atoms with Crippen LogP contribution in [0.1, 0.15) is 40.3 Å². The van der Waals surface area contributed by atoms with Gasteiger partial charge in [-0.1, -0.05) is 37.1 Å². The van der Waals surface area contributed by atoms with E-state index in [0.29, 0.717) is 12.0 Å². The summed E-state index contributed by atoms with van der Waals surface area (Å²) in [5.41, 5.74) is 5.22. The molecule has 30 heavy (non-hydrogen) atoms. The van der Waals surface area contributed by atoms with Gasteiger partial charge in [0.25, 0.3) is 0 Å². The second kappa shape index (κ2) is 8.12. The van der Waals surface area contributed by atoms with Gasteiger partial charge in [0, 0.05) is 11.1 Å². The molecule has 0 bridgehead atoms. The van der Waals surface area contributed by atoms with Gasteiger partial charge in [-0.3, -0.25) is 0 Å². The first-order chi connectivity index (χ1) is 14.4. The van der Waals surface area contributed by atoms with Crippen molar-refractivity contribution < 1.29 is 29.9 Å². The van der Waals surface area contributed by atoms with Crippen LogP contribution in [0.4, 0.5) is 0 Å². The van der Waals surface area contributed by atoms with Crippen molar-refractivity contribution in [1.82, 2.24) is 0 Å². The van der Waals surface area contributed by atoms with Crippen molar-refractivity contribution in [3.8, 4) is 12.3 Å². The van der Waals surface area contributed by atoms with Gasteiger partial charge in [-0.05, 0) is 47.2 Å². The highest BCUT2D eigenvalue weighted by Crippen LogP contribution is 2.46. The smallest absolute Gasteiger partial charge is 0.225 e. The second-order valence-corrected chi connectivity index (χ2v) is 7.88. The highest BCUT2D eigenvalue weighted by molar-refractivity contribution is 5.51. The van der Waals surface area contributed by atoms with Gasteiger partial charge in [-0.2, -0.15) is 0 Å². The predicted octanol–water partition coefficient (Wildman–Crippen LogP) is 0.978. The molecule has 2 heterocycles. The van der Waals surface area contributed by atoms with Crippen molar-refractivity contribution in [3.05, 3.63) is 69.8 Å². The Bertz CT molecular complexity index is 961. The number of aryl methyl sites for hydroxylation is 1. The highest BCUT2D eigenvalue weighted by Gasteiger charge is 2.58. The average Bonchev–Trinajstić information content (AvgIpc) is 3.13. The Balaban J connectivity index is 1.75. The minimum absolute atomic E-state index is 0.132. The fraction of sp³-hybridized carbons (Fsp3) is 0.417. The third-order valence-electron chi connectivity index (χ3n) is 6.08. The number of hydrogen-bond donors (Lipinski definition) is 4. The second-order valence-electron chi connectivity index (χ2n) is 7.88. The molecule has 4 rings (SSSR count). The minimum atomic E-state index is -1.67. The van der Waals surface area contributed by atoms with Gasteiger partial charge < -0.3 is 29.9 Å². The zero-order valence-electron chi connectivity index (χ0n) is 16.8. The number of aliphatic hydroxyl groups is 4. The summed E-state index contributed by atoms with van der Waals surface area (Å²) in [5, 5.41) is 40.8. The largest absolute Gasteiger partial charge is 0.394 e. The maximum absolute atomic E-state index is 10.7. The van der Waals surface area contributed by atoms with Crippen LogP contribution in [-0.4, -0.2) is 51.4 Å². The molecule has 1 fully saturated rings. The van der Waals surface area contributed by atoms with Gasteiger partial charge in [-0.15, -0.1) is 6.42 Å². The maximum Gasteiger partial charge on any atom is 0.225 e. The summed E-state index contributed by atoms with van der Waals surface area (Å²) in [6.07, 6.45) is 1.72. The van der Waals surface area contributed by atoms with Gasteiger partial charge in [0.05, 0.1) is 13.2 Å². The van der Waals surface area contributed by atoms with Crippen LogP contribution in [0.5, 0.6) is 0 Å². The topological polar surface area (TPSA) is 99.4 Å². The Morgan fingerprint density at radius 2 is 1.80 bits per heavy atom. The molecule has 2 aliphatic heterocycles. The van der Waals surface area contributed by atoms with E-state index >= 15 is 0 Å². The molecule has 0 aliphatic carbocycles. The van der Waals surface area contributed by atoms with E-state index in [1.807, 2.05) is 12.1 Å². The first-order valence-electron chi connectivity index (χ1n) is 10.1. The Kier molecular flexibility index (Phi) is 5.69. The normalized spacial score (nSPS) is 30.3. The molecule has 4 N–H and O–H groups in total. The molecule has 158 valence electrons. The Morgan fingerprint density at radius 3 is 2.43 bits per heavy atom. The zero-order valence-corrected chi connectivity index (χ0v) is 16.8. The van der Waals surface area contributed by atoms with Crippen LogP contribution < -0.4 is 0 Å². The first kappa shape index (κ1) is 21.0. The molecule has 0 radical (unpaired) electrons. The van der Waals surface area contributed by atoms with Crippen molar-refractivity contribution >= 4 is 0 Å². The number of fused-ring (bicyclic) bond motifs is 2. The van der Waals surface area contributed by atoms with Gasteiger partial charge in [0.1, 0.15) is 24.4 Å². The van der Waals surface area contributed by atoms with Gasteiger partial charge in [0.2, 0.25) is 5.79 Å². The third kappa shape index (κ3) is 3.34. The van der Waals surface area contributed by atoms with E-state index in [2.05, 4.69) is 37.1 Å². The van der Waals surface area contributed by atoms with E-state index in [9.17, 15) is 20.4 Å². The van der Waals surface area contributed by atoms with E-state index in [1.165, 1.54) is 5.56 Å². The van der Waals surface area contributed by atoms with Gasteiger partial charge in [-0.25, -0.2) is 0 Å². The van der Waals surface area contributed by atoms with Crippen molar-refractivity contribution in [1.29, 1.82) is 0 Å². The fourth-order valence-electron chi connectivity index (χ4n) is 4.27. The number of ether oxygens (including phenoxy) is 2. The summed E-state index contributed by atoms with van der Waals surface area (Å²) < 4.78 is 11.7. The molecule has 5 atom stereocenters. The number of hydrogen-bond acceptors (Lipinski definition) is 6. The molecule has 6 heteroatoms.